The van der Waals surface area contributed by atoms with Crippen molar-refractivity contribution in [2.75, 3.05) is 12.4 Å². The Morgan fingerprint density at radius 2 is 2.26 bits per heavy atom. The van der Waals surface area contributed by atoms with Gasteiger partial charge in [-0.3, -0.25) is 4.79 Å². The van der Waals surface area contributed by atoms with Crippen molar-refractivity contribution in [3.63, 3.8) is 0 Å². The van der Waals surface area contributed by atoms with Gasteiger partial charge in [-0.05, 0) is 19.1 Å². The van der Waals surface area contributed by atoms with Crippen LogP contribution in [0.2, 0.25) is 5.02 Å². The molecule has 1 unspecified atom stereocenters. The molecule has 1 rings (SSSR count). The van der Waals surface area contributed by atoms with Crippen LogP contribution in [-0.2, 0) is 9.53 Å². The number of hydrogen-bond donors (Lipinski definition) is 1. The second kappa shape index (κ2) is 8.40. The standard InChI is InChI=1S/C13H19ClN2O2S/c1-4-18-13(17)11(16-9(2)3)8-19-12-6-5-10(14)7-15-12/h5-7,9,11,16H,4,8H2,1-3H3. The first-order valence-corrected chi connectivity index (χ1v) is 7.56. The molecule has 0 fully saturated rings. The van der Waals surface area contributed by atoms with E-state index in [-0.39, 0.29) is 18.1 Å². The summed E-state index contributed by atoms with van der Waals surface area (Å²) >= 11 is 7.28. The van der Waals surface area contributed by atoms with Gasteiger partial charge in [0.05, 0.1) is 16.7 Å². The van der Waals surface area contributed by atoms with Gasteiger partial charge >= 0.3 is 5.97 Å². The highest BCUT2D eigenvalue weighted by Crippen LogP contribution is 2.18. The highest BCUT2D eigenvalue weighted by Gasteiger charge is 2.20. The van der Waals surface area contributed by atoms with Crippen molar-refractivity contribution in [2.45, 2.75) is 37.9 Å². The normalized spacial score (nSPS) is 12.5. The van der Waals surface area contributed by atoms with E-state index in [1.807, 2.05) is 19.9 Å². The van der Waals surface area contributed by atoms with Crippen molar-refractivity contribution in [1.29, 1.82) is 0 Å². The van der Waals surface area contributed by atoms with Crippen LogP contribution in [0.3, 0.4) is 0 Å². The van der Waals surface area contributed by atoms with Gasteiger partial charge in [0.25, 0.3) is 0 Å². The van der Waals surface area contributed by atoms with Crippen molar-refractivity contribution in [2.24, 2.45) is 0 Å². The van der Waals surface area contributed by atoms with E-state index in [4.69, 9.17) is 16.3 Å². The van der Waals surface area contributed by atoms with Crippen LogP contribution in [0.5, 0.6) is 0 Å². The molecule has 1 atom stereocenters. The molecule has 0 saturated heterocycles. The Morgan fingerprint density at radius 3 is 2.79 bits per heavy atom. The fraction of sp³-hybridized carbons (Fsp3) is 0.538. The van der Waals surface area contributed by atoms with E-state index in [0.717, 1.165) is 5.03 Å². The van der Waals surface area contributed by atoms with Crippen molar-refractivity contribution in [1.82, 2.24) is 10.3 Å². The van der Waals surface area contributed by atoms with Crippen molar-refractivity contribution in [3.8, 4) is 0 Å². The minimum atomic E-state index is -0.331. The molecular formula is C13H19ClN2O2S. The third-order valence-electron chi connectivity index (χ3n) is 2.20. The molecule has 0 aromatic carbocycles. The Labute approximate surface area is 123 Å². The number of thioether (sulfide) groups is 1. The van der Waals surface area contributed by atoms with Crippen molar-refractivity contribution < 1.29 is 9.53 Å². The lowest BCUT2D eigenvalue weighted by Gasteiger charge is -2.19. The SMILES string of the molecule is CCOC(=O)C(CSc1ccc(Cl)cn1)NC(C)C. The van der Waals surface area contributed by atoms with Gasteiger partial charge in [0.15, 0.2) is 0 Å². The Balaban J connectivity index is 2.56. The quantitative estimate of drug-likeness (QED) is 0.620. The number of rotatable bonds is 7. The summed E-state index contributed by atoms with van der Waals surface area (Å²) < 4.78 is 5.06. The van der Waals surface area contributed by atoms with Crippen LogP contribution in [0.25, 0.3) is 0 Å². The topological polar surface area (TPSA) is 51.2 Å². The Kier molecular flexibility index (Phi) is 7.20. The first kappa shape index (κ1) is 16.3. The molecule has 6 heteroatoms. The number of pyridine rings is 1. The largest absolute Gasteiger partial charge is 0.465 e. The smallest absolute Gasteiger partial charge is 0.324 e. The summed E-state index contributed by atoms with van der Waals surface area (Å²) in [5.74, 6) is 0.351. The molecule has 1 aromatic heterocycles. The van der Waals surface area contributed by atoms with Crippen LogP contribution in [-0.4, -0.2) is 35.4 Å². The summed E-state index contributed by atoms with van der Waals surface area (Å²) in [5.41, 5.74) is 0. The molecule has 0 amide bonds. The summed E-state index contributed by atoms with van der Waals surface area (Å²) in [6, 6.07) is 3.51. The Hall–Kier alpha value is -0.780. The number of carbonyl (C=O) groups is 1. The molecule has 0 aliphatic carbocycles. The number of hydrogen-bond acceptors (Lipinski definition) is 5. The predicted octanol–water partition coefficient (Wildman–Crippen LogP) is 2.76. The van der Waals surface area contributed by atoms with Crippen molar-refractivity contribution in [3.05, 3.63) is 23.4 Å². The molecule has 1 N–H and O–H groups in total. The number of nitrogens with zero attached hydrogens (tertiary/aromatic N) is 1. The lowest BCUT2D eigenvalue weighted by atomic mass is 10.3. The fourth-order valence-electron chi connectivity index (χ4n) is 1.45. The van der Waals surface area contributed by atoms with E-state index in [1.165, 1.54) is 11.8 Å². The molecule has 0 radical (unpaired) electrons. The van der Waals surface area contributed by atoms with Crippen LogP contribution in [0.1, 0.15) is 20.8 Å². The molecule has 106 valence electrons. The highest BCUT2D eigenvalue weighted by molar-refractivity contribution is 7.99. The zero-order chi connectivity index (χ0) is 14.3. The highest BCUT2D eigenvalue weighted by atomic mass is 35.5. The van der Waals surface area contributed by atoms with Gasteiger partial charge in [-0.1, -0.05) is 25.4 Å². The lowest BCUT2D eigenvalue weighted by Crippen LogP contribution is -2.43. The van der Waals surface area contributed by atoms with E-state index in [2.05, 4.69) is 10.3 Å². The zero-order valence-corrected chi connectivity index (χ0v) is 12.9. The molecule has 19 heavy (non-hydrogen) atoms. The molecule has 0 aliphatic rings. The maximum absolute atomic E-state index is 11.8. The number of nitrogens with one attached hydrogen (secondary N) is 1. The van der Waals surface area contributed by atoms with Gasteiger partial charge in [0, 0.05) is 18.0 Å². The molecule has 0 spiro atoms. The van der Waals surface area contributed by atoms with E-state index < -0.39 is 0 Å². The van der Waals surface area contributed by atoms with E-state index >= 15 is 0 Å². The van der Waals surface area contributed by atoms with Gasteiger partial charge in [-0.2, -0.15) is 0 Å². The summed E-state index contributed by atoms with van der Waals surface area (Å²) in [7, 11) is 0. The number of aromatic nitrogens is 1. The molecule has 1 heterocycles. The number of halogens is 1. The van der Waals surface area contributed by atoms with Gasteiger partial charge in [-0.25, -0.2) is 4.98 Å². The second-order valence-corrected chi connectivity index (χ2v) is 5.73. The van der Waals surface area contributed by atoms with Gasteiger partial charge < -0.3 is 10.1 Å². The maximum atomic E-state index is 11.8. The van der Waals surface area contributed by atoms with Gasteiger partial charge in [0.2, 0.25) is 0 Å². The first-order valence-electron chi connectivity index (χ1n) is 6.20. The molecule has 0 bridgehead atoms. The minimum Gasteiger partial charge on any atom is -0.465 e. The molecular weight excluding hydrogens is 284 g/mol. The number of ether oxygens (including phenoxy) is 1. The third kappa shape index (κ3) is 6.27. The van der Waals surface area contributed by atoms with Crippen LogP contribution in [0, 0.1) is 0 Å². The Bertz CT molecular complexity index is 398. The minimum absolute atomic E-state index is 0.216. The van der Waals surface area contributed by atoms with Crippen LogP contribution >= 0.6 is 23.4 Å². The first-order chi connectivity index (χ1) is 9.02. The van der Waals surface area contributed by atoms with Gasteiger partial charge in [-0.15, -0.1) is 11.8 Å². The lowest BCUT2D eigenvalue weighted by molar-refractivity contribution is -0.145. The maximum Gasteiger partial charge on any atom is 0.324 e. The van der Waals surface area contributed by atoms with Gasteiger partial charge in [0.1, 0.15) is 6.04 Å². The average molecular weight is 303 g/mol. The van der Waals surface area contributed by atoms with Crippen molar-refractivity contribution >= 4 is 29.3 Å². The predicted molar refractivity (Wildman–Crippen MR) is 78.7 cm³/mol. The summed E-state index contributed by atoms with van der Waals surface area (Å²) in [4.78, 5) is 16.0. The number of esters is 1. The molecule has 0 aliphatic heterocycles. The van der Waals surface area contributed by atoms with Crippen LogP contribution in [0.4, 0.5) is 0 Å². The van der Waals surface area contributed by atoms with E-state index in [0.29, 0.717) is 17.4 Å². The average Bonchev–Trinajstić information content (AvgIpc) is 2.36. The number of carbonyl (C=O) groups excluding carboxylic acids is 1. The zero-order valence-electron chi connectivity index (χ0n) is 11.4. The van der Waals surface area contributed by atoms with Crippen LogP contribution < -0.4 is 5.32 Å². The second-order valence-electron chi connectivity index (χ2n) is 4.25. The summed E-state index contributed by atoms with van der Waals surface area (Å²) in [6.07, 6.45) is 1.60. The summed E-state index contributed by atoms with van der Waals surface area (Å²) in [5, 5.41) is 4.64. The third-order valence-corrected chi connectivity index (χ3v) is 3.46. The van der Waals surface area contributed by atoms with E-state index in [9.17, 15) is 4.79 Å². The Morgan fingerprint density at radius 1 is 1.53 bits per heavy atom. The molecule has 1 aromatic rings. The monoisotopic (exact) mass is 302 g/mol. The summed E-state index contributed by atoms with van der Waals surface area (Å²) in [6.45, 7) is 6.19. The molecule has 0 saturated carbocycles. The molecule has 4 nitrogen and oxygen atoms in total. The fourth-order valence-corrected chi connectivity index (χ4v) is 2.42. The van der Waals surface area contributed by atoms with Crippen LogP contribution in [0.15, 0.2) is 23.4 Å². The van der Waals surface area contributed by atoms with E-state index in [1.54, 1.807) is 19.2 Å².